The van der Waals surface area contributed by atoms with Gasteiger partial charge in [-0.3, -0.25) is 4.79 Å². The van der Waals surface area contributed by atoms with Crippen molar-refractivity contribution >= 4 is 11.8 Å². The minimum Gasteiger partial charge on any atom is -0.507 e. The van der Waals surface area contributed by atoms with Crippen LogP contribution in [0.2, 0.25) is 0 Å². The largest absolute Gasteiger partial charge is 0.507 e. The third kappa shape index (κ3) is 8.46. The minimum atomic E-state index is -0.337. The first kappa shape index (κ1) is 26.8. The second kappa shape index (κ2) is 13.9. The highest BCUT2D eigenvalue weighted by Gasteiger charge is 2.14. The van der Waals surface area contributed by atoms with E-state index >= 15 is 0 Å². The molecule has 2 aromatic carbocycles. The summed E-state index contributed by atoms with van der Waals surface area (Å²) in [6, 6.07) is 10.1. The standard InChI is InChI=1S/C27H35NO6/c1-5-20-18-23(24(29)14-15-28(3)4)25(30)19-26(20)34-17-9-7-8-16-33-22-12-10-21(11-13-22)27(31)32-6-2/h10-15,18-19,30H,5-9,16-17H2,1-4H3/b15-14-. The van der Waals surface area contributed by atoms with Gasteiger partial charge in [-0.05, 0) is 68.5 Å². The summed E-state index contributed by atoms with van der Waals surface area (Å²) in [4.78, 5) is 25.8. The lowest BCUT2D eigenvalue weighted by molar-refractivity contribution is 0.0526. The number of ether oxygens (including phenoxy) is 3. The van der Waals surface area contributed by atoms with Crippen molar-refractivity contribution in [3.8, 4) is 17.2 Å². The first-order chi connectivity index (χ1) is 16.3. The molecule has 0 bridgehead atoms. The molecule has 0 unspecified atom stereocenters. The Morgan fingerprint density at radius 2 is 1.65 bits per heavy atom. The summed E-state index contributed by atoms with van der Waals surface area (Å²) in [6.07, 6.45) is 6.39. The molecule has 0 atom stereocenters. The van der Waals surface area contributed by atoms with E-state index in [-0.39, 0.29) is 23.1 Å². The number of phenols is 1. The smallest absolute Gasteiger partial charge is 0.338 e. The fraction of sp³-hybridized carbons (Fsp3) is 0.407. The number of unbranched alkanes of at least 4 members (excludes halogenated alkanes) is 2. The quantitative estimate of drug-likeness (QED) is 0.180. The van der Waals surface area contributed by atoms with Crippen molar-refractivity contribution in [1.82, 2.24) is 4.90 Å². The van der Waals surface area contributed by atoms with Crippen molar-refractivity contribution in [2.45, 2.75) is 39.5 Å². The Kier molecular flexibility index (Phi) is 11.0. The number of aryl methyl sites for hydroxylation is 1. The highest BCUT2D eigenvalue weighted by Crippen LogP contribution is 2.30. The van der Waals surface area contributed by atoms with E-state index in [0.29, 0.717) is 43.3 Å². The van der Waals surface area contributed by atoms with Crippen LogP contribution in [0.1, 0.15) is 59.4 Å². The molecule has 0 saturated heterocycles. The van der Waals surface area contributed by atoms with Crippen molar-refractivity contribution in [3.05, 3.63) is 65.4 Å². The van der Waals surface area contributed by atoms with Crippen molar-refractivity contribution in [2.75, 3.05) is 33.9 Å². The highest BCUT2D eigenvalue weighted by atomic mass is 16.5. The van der Waals surface area contributed by atoms with Gasteiger partial charge >= 0.3 is 5.97 Å². The number of carbonyl (C=O) groups excluding carboxylic acids is 2. The summed E-state index contributed by atoms with van der Waals surface area (Å²) in [5.41, 5.74) is 1.66. The Balaban J connectivity index is 1.75. The van der Waals surface area contributed by atoms with Gasteiger partial charge in [0, 0.05) is 32.4 Å². The van der Waals surface area contributed by atoms with Crippen LogP contribution in [-0.4, -0.2) is 55.7 Å². The molecule has 0 aliphatic heterocycles. The van der Waals surface area contributed by atoms with E-state index < -0.39 is 0 Å². The number of rotatable bonds is 14. The van der Waals surface area contributed by atoms with Gasteiger partial charge in [0.1, 0.15) is 17.2 Å². The summed E-state index contributed by atoms with van der Waals surface area (Å²) in [7, 11) is 3.66. The number of hydrogen-bond acceptors (Lipinski definition) is 7. The summed E-state index contributed by atoms with van der Waals surface area (Å²) in [5, 5.41) is 10.3. The number of nitrogens with zero attached hydrogens (tertiary/aromatic N) is 1. The predicted octanol–water partition coefficient (Wildman–Crippen LogP) is 5.02. The second-order valence-electron chi connectivity index (χ2n) is 7.98. The van der Waals surface area contributed by atoms with Gasteiger partial charge in [0.15, 0.2) is 5.78 Å². The molecule has 0 amide bonds. The summed E-state index contributed by atoms with van der Waals surface area (Å²) >= 11 is 0. The van der Waals surface area contributed by atoms with Crippen molar-refractivity contribution < 1.29 is 28.9 Å². The van der Waals surface area contributed by atoms with Gasteiger partial charge in [-0.25, -0.2) is 4.79 Å². The molecule has 0 aromatic heterocycles. The van der Waals surface area contributed by atoms with E-state index in [1.165, 1.54) is 12.1 Å². The van der Waals surface area contributed by atoms with Gasteiger partial charge in [0.05, 0.1) is 30.9 Å². The van der Waals surface area contributed by atoms with Crippen LogP contribution in [0, 0.1) is 0 Å². The molecule has 184 valence electrons. The first-order valence-electron chi connectivity index (χ1n) is 11.6. The van der Waals surface area contributed by atoms with Gasteiger partial charge in [-0.2, -0.15) is 0 Å². The van der Waals surface area contributed by atoms with E-state index in [1.54, 1.807) is 48.4 Å². The van der Waals surface area contributed by atoms with E-state index in [1.807, 2.05) is 21.0 Å². The third-order valence-corrected chi connectivity index (χ3v) is 5.03. The molecular weight excluding hydrogens is 434 g/mol. The monoisotopic (exact) mass is 469 g/mol. The Hall–Kier alpha value is -3.48. The van der Waals surface area contributed by atoms with Crippen LogP contribution in [0.15, 0.2) is 48.7 Å². The molecule has 0 radical (unpaired) electrons. The average molecular weight is 470 g/mol. The van der Waals surface area contributed by atoms with Gasteiger partial charge < -0.3 is 24.2 Å². The van der Waals surface area contributed by atoms with Crippen molar-refractivity contribution in [3.63, 3.8) is 0 Å². The molecule has 0 fully saturated rings. The van der Waals surface area contributed by atoms with Gasteiger partial charge in [0.25, 0.3) is 0 Å². The van der Waals surface area contributed by atoms with E-state index in [2.05, 4.69) is 0 Å². The lowest BCUT2D eigenvalue weighted by Gasteiger charge is -2.13. The number of aromatic hydroxyl groups is 1. The molecule has 0 aliphatic carbocycles. The van der Waals surface area contributed by atoms with Crippen LogP contribution in [0.3, 0.4) is 0 Å². The fourth-order valence-corrected chi connectivity index (χ4v) is 3.18. The molecule has 1 N–H and O–H groups in total. The first-order valence-corrected chi connectivity index (χ1v) is 11.6. The maximum atomic E-state index is 12.3. The SMILES string of the molecule is CCOC(=O)c1ccc(OCCCCCOc2cc(O)c(C(=O)/C=C\N(C)C)cc2CC)cc1. The Morgan fingerprint density at radius 3 is 2.26 bits per heavy atom. The maximum Gasteiger partial charge on any atom is 0.338 e. The number of carbonyl (C=O) groups is 2. The normalized spacial score (nSPS) is 10.8. The Bertz CT molecular complexity index is 966. The molecule has 2 aromatic rings. The number of allylic oxidation sites excluding steroid dienone is 1. The third-order valence-electron chi connectivity index (χ3n) is 5.03. The fourth-order valence-electron chi connectivity index (χ4n) is 3.18. The topological polar surface area (TPSA) is 85.3 Å². The van der Waals surface area contributed by atoms with Crippen molar-refractivity contribution in [2.24, 2.45) is 0 Å². The van der Waals surface area contributed by atoms with Crippen LogP contribution >= 0.6 is 0 Å². The van der Waals surface area contributed by atoms with E-state index in [9.17, 15) is 14.7 Å². The zero-order chi connectivity index (χ0) is 24.9. The van der Waals surface area contributed by atoms with Gasteiger partial charge in [-0.15, -0.1) is 0 Å². The lowest BCUT2D eigenvalue weighted by atomic mass is 10.0. The van der Waals surface area contributed by atoms with Crippen LogP contribution in [0.25, 0.3) is 0 Å². The second-order valence-corrected chi connectivity index (χ2v) is 7.98. The van der Waals surface area contributed by atoms with Crippen LogP contribution in [-0.2, 0) is 11.2 Å². The minimum absolute atomic E-state index is 0.0806. The van der Waals surface area contributed by atoms with E-state index in [4.69, 9.17) is 14.2 Å². The highest BCUT2D eigenvalue weighted by molar-refractivity contribution is 6.06. The van der Waals surface area contributed by atoms with Gasteiger partial charge in [-0.1, -0.05) is 6.92 Å². The molecular formula is C27H35NO6. The zero-order valence-electron chi connectivity index (χ0n) is 20.5. The molecule has 7 heteroatoms. The average Bonchev–Trinajstić information content (AvgIpc) is 2.82. The molecule has 0 spiro atoms. The number of benzene rings is 2. The number of esters is 1. The number of hydrogen-bond donors (Lipinski definition) is 1. The zero-order valence-corrected chi connectivity index (χ0v) is 20.5. The Morgan fingerprint density at radius 1 is 0.971 bits per heavy atom. The lowest BCUT2D eigenvalue weighted by Crippen LogP contribution is -2.06. The van der Waals surface area contributed by atoms with E-state index in [0.717, 1.165) is 24.8 Å². The molecule has 7 nitrogen and oxygen atoms in total. The molecule has 2 rings (SSSR count). The van der Waals surface area contributed by atoms with Crippen LogP contribution < -0.4 is 9.47 Å². The summed E-state index contributed by atoms with van der Waals surface area (Å²) < 4.78 is 16.6. The molecule has 0 heterocycles. The van der Waals surface area contributed by atoms with Gasteiger partial charge in [0.2, 0.25) is 0 Å². The molecule has 34 heavy (non-hydrogen) atoms. The number of ketones is 1. The Labute approximate surface area is 201 Å². The van der Waals surface area contributed by atoms with Crippen molar-refractivity contribution in [1.29, 1.82) is 0 Å². The number of phenolic OH excluding ortho intramolecular Hbond substituents is 1. The van der Waals surface area contributed by atoms with Crippen LogP contribution in [0.5, 0.6) is 17.2 Å². The summed E-state index contributed by atoms with van der Waals surface area (Å²) in [5.74, 6) is 0.649. The maximum absolute atomic E-state index is 12.3. The summed E-state index contributed by atoms with van der Waals surface area (Å²) in [6.45, 7) is 5.18. The predicted molar refractivity (Wildman–Crippen MR) is 132 cm³/mol. The van der Waals surface area contributed by atoms with Crippen LogP contribution in [0.4, 0.5) is 0 Å². The molecule has 0 aliphatic rings. The molecule has 0 saturated carbocycles.